The van der Waals surface area contributed by atoms with Gasteiger partial charge in [0, 0.05) is 32.1 Å². The van der Waals surface area contributed by atoms with Crippen LogP contribution in [0.2, 0.25) is 0 Å². The molecule has 3 aliphatic rings. The molecule has 1 saturated heterocycles. The van der Waals surface area contributed by atoms with E-state index in [1.807, 2.05) is 0 Å². The first-order valence-corrected chi connectivity index (χ1v) is 13.4. The Morgan fingerprint density at radius 3 is 2.64 bits per heavy atom. The predicted octanol–water partition coefficient (Wildman–Crippen LogP) is 2.44. The zero-order chi connectivity index (χ0) is 25.9. The van der Waals surface area contributed by atoms with Crippen molar-refractivity contribution in [3.8, 4) is 0 Å². The van der Waals surface area contributed by atoms with E-state index in [-0.39, 0.29) is 42.4 Å². The van der Waals surface area contributed by atoms with Crippen LogP contribution in [0.1, 0.15) is 47.8 Å². The van der Waals surface area contributed by atoms with Gasteiger partial charge >= 0.3 is 0 Å². The molecule has 8 nitrogen and oxygen atoms in total. The van der Waals surface area contributed by atoms with Gasteiger partial charge in [0.2, 0.25) is 16.0 Å². The van der Waals surface area contributed by atoms with Crippen molar-refractivity contribution in [2.45, 2.75) is 42.9 Å². The zero-order valence-electron chi connectivity index (χ0n) is 20.2. The Kier molecular flexibility index (Phi) is 5.90. The lowest BCUT2D eigenvalue weighted by molar-refractivity contribution is 0.0988. The normalized spacial score (nSPS) is 27.9. The molecule has 0 unspecified atom stereocenters. The molecule has 2 fully saturated rings. The molecule has 2 atom stereocenters. The molecule has 2 aliphatic heterocycles. The van der Waals surface area contributed by atoms with Crippen molar-refractivity contribution < 1.29 is 22.0 Å². The number of nitrogens with two attached hydrogens (primary N) is 1. The molecule has 1 aromatic heterocycles. The van der Waals surface area contributed by atoms with E-state index in [0.717, 1.165) is 36.0 Å². The van der Waals surface area contributed by atoms with Crippen LogP contribution in [0.5, 0.6) is 0 Å². The summed E-state index contributed by atoms with van der Waals surface area (Å²) in [5.41, 5.74) is 5.18. The van der Waals surface area contributed by atoms with Gasteiger partial charge in [-0.2, -0.15) is 0 Å². The molecule has 36 heavy (non-hydrogen) atoms. The van der Waals surface area contributed by atoms with E-state index in [4.69, 9.17) is 5.73 Å². The number of aliphatic imine (C=N–C) groups is 1. The predicted molar refractivity (Wildman–Crippen MR) is 131 cm³/mol. The lowest BCUT2D eigenvalue weighted by atomic mass is 9.77. The maximum Gasteiger partial charge on any atom is 0.247 e. The molecular weight excluding hydrogens is 488 g/mol. The van der Waals surface area contributed by atoms with Gasteiger partial charge in [0.25, 0.3) is 0 Å². The largest absolute Gasteiger partial charge is 0.369 e. The number of aromatic nitrogens is 1. The highest BCUT2D eigenvalue weighted by molar-refractivity contribution is 7.91. The maximum absolute atomic E-state index is 15.5. The van der Waals surface area contributed by atoms with Crippen LogP contribution in [-0.4, -0.2) is 65.8 Å². The second-order valence-electron chi connectivity index (χ2n) is 10.2. The third-order valence-electron chi connectivity index (χ3n) is 7.86. The van der Waals surface area contributed by atoms with Crippen molar-refractivity contribution in [1.29, 1.82) is 0 Å². The van der Waals surface area contributed by atoms with Crippen molar-refractivity contribution in [2.24, 2.45) is 16.6 Å². The van der Waals surface area contributed by atoms with Gasteiger partial charge in [-0.05, 0) is 68.5 Å². The number of pyridine rings is 1. The SMILES string of the molecule is CN1C(N)=N[C@](C)(c2cc(CC(=O)c3ccc(F)cn3)ccc2F)[C@]2(CCN(CC3CC3)C2)S1(=O)=O. The molecule has 3 heterocycles. The third kappa shape index (κ3) is 3.88. The number of hydrogen-bond donors (Lipinski definition) is 1. The number of nitrogens with zero attached hydrogens (tertiary/aromatic N) is 4. The number of halogens is 2. The van der Waals surface area contributed by atoms with E-state index >= 15 is 4.39 Å². The van der Waals surface area contributed by atoms with Crippen molar-refractivity contribution in [3.05, 3.63) is 65.0 Å². The van der Waals surface area contributed by atoms with Gasteiger partial charge in [-0.3, -0.25) is 9.78 Å². The number of sulfonamides is 1. The molecule has 0 amide bonds. The molecule has 11 heteroatoms. The number of hydrogen-bond acceptors (Lipinski definition) is 7. The van der Waals surface area contributed by atoms with Gasteiger partial charge in [-0.1, -0.05) is 6.07 Å². The monoisotopic (exact) mass is 517 g/mol. The summed E-state index contributed by atoms with van der Waals surface area (Å²) >= 11 is 0. The lowest BCUT2D eigenvalue weighted by Crippen LogP contribution is -2.66. The average Bonchev–Trinajstić information content (AvgIpc) is 3.54. The Morgan fingerprint density at radius 2 is 1.97 bits per heavy atom. The molecule has 1 saturated carbocycles. The molecule has 1 spiro atoms. The maximum atomic E-state index is 15.5. The lowest BCUT2D eigenvalue weighted by Gasteiger charge is -2.48. The summed E-state index contributed by atoms with van der Waals surface area (Å²) in [6, 6.07) is 6.64. The second kappa shape index (κ2) is 8.58. The Labute approximate surface area is 209 Å². The molecule has 1 aliphatic carbocycles. The highest BCUT2D eigenvalue weighted by atomic mass is 32.2. The van der Waals surface area contributed by atoms with Gasteiger partial charge in [0.05, 0.1) is 6.20 Å². The molecular formula is C25H29F2N5O3S. The quantitative estimate of drug-likeness (QED) is 0.590. The highest BCUT2D eigenvalue weighted by Gasteiger charge is 2.66. The van der Waals surface area contributed by atoms with Crippen LogP contribution in [0.15, 0.2) is 41.5 Å². The number of Topliss-reactive ketones (excluding diaryl/α,β-unsaturated/α-hetero) is 1. The molecule has 1 aromatic carbocycles. The van der Waals surface area contributed by atoms with E-state index in [9.17, 15) is 17.6 Å². The molecule has 2 N–H and O–H groups in total. The number of rotatable bonds is 6. The standard InChI is InChI=1S/C25H29F2N5O3S/c1-24(19-11-17(5-7-20(19)27)12-22(33)21-8-6-18(26)13-29-21)25(36(34,35)31(2)23(28)30-24)9-10-32(15-25)14-16-3-4-16/h5-8,11,13,16H,3-4,9-10,12,14-15H2,1-2H3,(H2,28,30)/t24-,25-/m1/s1. The van der Waals surface area contributed by atoms with Crippen LogP contribution in [0.3, 0.4) is 0 Å². The number of carbonyl (C=O) groups is 1. The number of benzene rings is 1. The van der Waals surface area contributed by atoms with Crippen LogP contribution in [0, 0.1) is 17.6 Å². The van der Waals surface area contributed by atoms with Gasteiger partial charge in [0.1, 0.15) is 27.6 Å². The average molecular weight is 518 g/mol. The van der Waals surface area contributed by atoms with E-state index in [1.165, 1.54) is 31.3 Å². The summed E-state index contributed by atoms with van der Waals surface area (Å²) < 4.78 is 56.0. The number of likely N-dealkylation sites (tertiary alicyclic amines) is 1. The van der Waals surface area contributed by atoms with Crippen LogP contribution in [-0.2, 0) is 22.0 Å². The van der Waals surface area contributed by atoms with Crippen LogP contribution >= 0.6 is 0 Å². The minimum atomic E-state index is -4.00. The minimum absolute atomic E-state index is 0.0766. The molecule has 192 valence electrons. The summed E-state index contributed by atoms with van der Waals surface area (Å²) in [7, 11) is -2.62. The fourth-order valence-corrected chi connectivity index (χ4v) is 7.67. The van der Waals surface area contributed by atoms with Gasteiger partial charge in [-0.25, -0.2) is 26.5 Å². The summed E-state index contributed by atoms with van der Waals surface area (Å²) in [4.78, 5) is 23.3. The smallest absolute Gasteiger partial charge is 0.247 e. The fourth-order valence-electron chi connectivity index (χ4n) is 5.50. The number of guanidine groups is 1. The summed E-state index contributed by atoms with van der Waals surface area (Å²) in [5.74, 6) is -1.19. The topological polar surface area (TPSA) is 109 Å². The zero-order valence-corrected chi connectivity index (χ0v) is 21.1. The van der Waals surface area contributed by atoms with Crippen LogP contribution in [0.4, 0.5) is 8.78 Å². The molecule has 2 aromatic rings. The first-order chi connectivity index (χ1) is 17.0. The second-order valence-corrected chi connectivity index (χ2v) is 12.5. The Bertz CT molecular complexity index is 1350. The molecule has 0 radical (unpaired) electrons. The summed E-state index contributed by atoms with van der Waals surface area (Å²) in [6.07, 6.45) is 3.39. The Balaban J connectivity index is 1.56. The van der Waals surface area contributed by atoms with Crippen molar-refractivity contribution in [3.63, 3.8) is 0 Å². The van der Waals surface area contributed by atoms with Crippen LogP contribution in [0.25, 0.3) is 0 Å². The Hall–Kier alpha value is -2.92. The molecule has 0 bridgehead atoms. The van der Waals surface area contributed by atoms with Gasteiger partial charge < -0.3 is 10.6 Å². The van der Waals surface area contributed by atoms with Gasteiger partial charge in [0.15, 0.2) is 5.78 Å². The van der Waals surface area contributed by atoms with Crippen molar-refractivity contribution >= 4 is 21.8 Å². The van der Waals surface area contributed by atoms with Crippen LogP contribution < -0.4 is 5.73 Å². The van der Waals surface area contributed by atoms with E-state index in [2.05, 4.69) is 14.9 Å². The first kappa shape index (κ1) is 24.8. The van der Waals surface area contributed by atoms with Gasteiger partial charge in [-0.15, -0.1) is 0 Å². The fraction of sp³-hybridized carbons (Fsp3) is 0.480. The first-order valence-electron chi connectivity index (χ1n) is 12.0. The Morgan fingerprint density at radius 1 is 1.22 bits per heavy atom. The van der Waals surface area contributed by atoms with E-state index < -0.39 is 31.9 Å². The van der Waals surface area contributed by atoms with E-state index in [0.29, 0.717) is 18.0 Å². The minimum Gasteiger partial charge on any atom is -0.369 e. The molecule has 5 rings (SSSR count). The van der Waals surface area contributed by atoms with Crippen molar-refractivity contribution in [2.75, 3.05) is 26.7 Å². The summed E-state index contributed by atoms with van der Waals surface area (Å²) in [5, 5.41) is 0. The third-order valence-corrected chi connectivity index (χ3v) is 10.5. The number of ketones is 1. The summed E-state index contributed by atoms with van der Waals surface area (Å²) in [6.45, 7) is 3.20. The van der Waals surface area contributed by atoms with E-state index in [1.54, 1.807) is 6.92 Å². The highest BCUT2D eigenvalue weighted by Crippen LogP contribution is 2.52. The number of carbonyl (C=O) groups excluding carboxylic acids is 1. The van der Waals surface area contributed by atoms with Crippen molar-refractivity contribution in [1.82, 2.24) is 14.2 Å².